The summed E-state index contributed by atoms with van der Waals surface area (Å²) in [6, 6.07) is 4.27. The molecule has 1 aromatic rings. The van der Waals surface area contributed by atoms with Crippen LogP contribution in [-0.4, -0.2) is 33.5 Å². The van der Waals surface area contributed by atoms with Gasteiger partial charge in [0.1, 0.15) is 0 Å². The molecule has 98 valence electrons. The van der Waals surface area contributed by atoms with Gasteiger partial charge in [0.2, 0.25) is 0 Å². The number of aromatic nitrogens is 1. The van der Waals surface area contributed by atoms with E-state index in [1.165, 1.54) is 12.8 Å². The number of halogens is 1. The Morgan fingerprint density at radius 2 is 2.17 bits per heavy atom. The van der Waals surface area contributed by atoms with Gasteiger partial charge in [0.05, 0.1) is 12.2 Å². The molecule has 1 heterocycles. The van der Waals surface area contributed by atoms with Crippen molar-refractivity contribution in [2.24, 2.45) is 0 Å². The van der Waals surface area contributed by atoms with Crippen molar-refractivity contribution in [1.29, 1.82) is 0 Å². The van der Waals surface area contributed by atoms with E-state index in [1.54, 1.807) is 6.20 Å². The number of carboxylic acids is 1. The van der Waals surface area contributed by atoms with Gasteiger partial charge in [-0.25, -0.2) is 0 Å². The minimum atomic E-state index is -0.765. The van der Waals surface area contributed by atoms with Gasteiger partial charge in [-0.05, 0) is 40.9 Å². The van der Waals surface area contributed by atoms with Gasteiger partial charge < -0.3 is 5.11 Å². The first kappa shape index (κ1) is 13.5. The Morgan fingerprint density at radius 1 is 1.44 bits per heavy atom. The number of hydrogen-bond acceptors (Lipinski definition) is 3. The van der Waals surface area contributed by atoms with Crippen molar-refractivity contribution < 1.29 is 9.90 Å². The molecule has 0 saturated heterocycles. The van der Waals surface area contributed by atoms with Gasteiger partial charge in [0.25, 0.3) is 0 Å². The fraction of sp³-hybridized carbons (Fsp3) is 0.538. The molecule has 2 rings (SSSR count). The molecule has 0 amide bonds. The Bertz CT molecular complexity index is 402. The molecule has 5 heteroatoms. The molecular formula is C13H17BrN2O2. The monoisotopic (exact) mass is 312 g/mol. The van der Waals surface area contributed by atoms with Crippen LogP contribution in [0.4, 0.5) is 0 Å². The van der Waals surface area contributed by atoms with E-state index in [0.29, 0.717) is 12.6 Å². The highest BCUT2D eigenvalue weighted by Crippen LogP contribution is 2.24. The smallest absolute Gasteiger partial charge is 0.317 e. The molecule has 1 N–H and O–H groups in total. The molecule has 0 aliphatic heterocycles. The molecule has 0 unspecified atom stereocenters. The number of rotatable bonds is 5. The van der Waals surface area contributed by atoms with Crippen molar-refractivity contribution in [2.45, 2.75) is 38.3 Å². The second-order valence-corrected chi connectivity index (χ2v) is 5.62. The van der Waals surface area contributed by atoms with Crippen LogP contribution in [0.15, 0.2) is 22.8 Å². The van der Waals surface area contributed by atoms with E-state index in [2.05, 4.69) is 20.9 Å². The van der Waals surface area contributed by atoms with Crippen LogP contribution in [0.25, 0.3) is 0 Å². The van der Waals surface area contributed by atoms with Crippen molar-refractivity contribution in [2.75, 3.05) is 6.54 Å². The highest BCUT2D eigenvalue weighted by Gasteiger charge is 2.24. The third-order valence-electron chi connectivity index (χ3n) is 3.33. The number of carboxylic acid groups (broad SMARTS) is 1. The summed E-state index contributed by atoms with van der Waals surface area (Å²) in [5.74, 6) is -0.765. The van der Waals surface area contributed by atoms with Crippen LogP contribution >= 0.6 is 15.9 Å². The summed E-state index contributed by atoms with van der Waals surface area (Å²) in [7, 11) is 0. The number of pyridine rings is 1. The Morgan fingerprint density at radius 3 is 2.72 bits per heavy atom. The molecule has 0 radical (unpaired) electrons. The van der Waals surface area contributed by atoms with E-state index >= 15 is 0 Å². The van der Waals surface area contributed by atoms with Crippen LogP contribution in [0.1, 0.15) is 31.4 Å². The summed E-state index contributed by atoms with van der Waals surface area (Å²) >= 11 is 3.35. The summed E-state index contributed by atoms with van der Waals surface area (Å²) in [4.78, 5) is 17.3. The number of aliphatic carboxylic acids is 1. The SMILES string of the molecule is O=C(O)CN(Cc1ccc(Br)cn1)C1CCCC1. The van der Waals surface area contributed by atoms with E-state index in [9.17, 15) is 4.79 Å². The maximum atomic E-state index is 10.9. The quantitative estimate of drug-likeness (QED) is 0.908. The summed E-state index contributed by atoms with van der Waals surface area (Å²) in [6.45, 7) is 0.715. The summed E-state index contributed by atoms with van der Waals surface area (Å²) < 4.78 is 0.942. The van der Waals surface area contributed by atoms with Crippen molar-refractivity contribution in [1.82, 2.24) is 9.88 Å². The minimum absolute atomic E-state index is 0.0996. The Labute approximate surface area is 115 Å². The lowest BCUT2D eigenvalue weighted by Crippen LogP contribution is -2.37. The average Bonchev–Trinajstić information content (AvgIpc) is 2.84. The highest BCUT2D eigenvalue weighted by atomic mass is 79.9. The maximum Gasteiger partial charge on any atom is 0.317 e. The lowest BCUT2D eigenvalue weighted by Gasteiger charge is -2.26. The number of hydrogen-bond donors (Lipinski definition) is 1. The van der Waals surface area contributed by atoms with Crippen LogP contribution in [0.2, 0.25) is 0 Å². The predicted octanol–water partition coefficient (Wildman–Crippen LogP) is 2.67. The molecular weight excluding hydrogens is 296 g/mol. The Hall–Kier alpha value is -0.940. The first-order chi connectivity index (χ1) is 8.65. The summed E-state index contributed by atoms with van der Waals surface area (Å²) in [5, 5.41) is 9.00. The second kappa shape index (κ2) is 6.29. The van der Waals surface area contributed by atoms with Crippen LogP contribution in [-0.2, 0) is 11.3 Å². The minimum Gasteiger partial charge on any atom is -0.480 e. The van der Waals surface area contributed by atoms with Crippen LogP contribution in [0.5, 0.6) is 0 Å². The third-order valence-corrected chi connectivity index (χ3v) is 3.80. The zero-order chi connectivity index (χ0) is 13.0. The van der Waals surface area contributed by atoms with E-state index in [0.717, 1.165) is 23.0 Å². The molecule has 18 heavy (non-hydrogen) atoms. The van der Waals surface area contributed by atoms with E-state index in [1.807, 2.05) is 17.0 Å². The lowest BCUT2D eigenvalue weighted by atomic mass is 10.2. The first-order valence-electron chi connectivity index (χ1n) is 6.21. The molecule has 1 fully saturated rings. The van der Waals surface area contributed by atoms with Gasteiger partial charge in [-0.1, -0.05) is 12.8 Å². The molecule has 1 saturated carbocycles. The predicted molar refractivity (Wildman–Crippen MR) is 72.2 cm³/mol. The number of nitrogens with zero attached hydrogens (tertiary/aromatic N) is 2. The van der Waals surface area contributed by atoms with Gasteiger partial charge in [0, 0.05) is 23.3 Å². The van der Waals surface area contributed by atoms with Gasteiger partial charge in [-0.3, -0.25) is 14.7 Å². The molecule has 4 nitrogen and oxygen atoms in total. The van der Waals surface area contributed by atoms with E-state index in [4.69, 9.17) is 5.11 Å². The Balaban J connectivity index is 2.03. The van der Waals surface area contributed by atoms with E-state index in [-0.39, 0.29) is 6.54 Å². The molecule has 0 spiro atoms. The molecule has 0 aromatic carbocycles. The van der Waals surface area contributed by atoms with Crippen LogP contribution in [0, 0.1) is 0 Å². The normalized spacial score (nSPS) is 16.3. The number of carbonyl (C=O) groups is 1. The average molecular weight is 313 g/mol. The van der Waals surface area contributed by atoms with Gasteiger partial charge in [0.15, 0.2) is 0 Å². The largest absolute Gasteiger partial charge is 0.480 e. The zero-order valence-electron chi connectivity index (χ0n) is 10.2. The summed E-state index contributed by atoms with van der Waals surface area (Å²) in [5.41, 5.74) is 0.923. The maximum absolute atomic E-state index is 10.9. The van der Waals surface area contributed by atoms with Crippen LogP contribution < -0.4 is 0 Å². The third kappa shape index (κ3) is 3.78. The molecule has 0 bridgehead atoms. The van der Waals surface area contributed by atoms with Gasteiger partial charge in [-0.15, -0.1) is 0 Å². The fourth-order valence-electron chi connectivity index (χ4n) is 2.47. The fourth-order valence-corrected chi connectivity index (χ4v) is 2.70. The molecule has 0 atom stereocenters. The van der Waals surface area contributed by atoms with Gasteiger partial charge >= 0.3 is 5.97 Å². The summed E-state index contributed by atoms with van der Waals surface area (Å²) in [6.07, 6.45) is 6.36. The topological polar surface area (TPSA) is 53.4 Å². The molecule has 1 aliphatic rings. The van der Waals surface area contributed by atoms with Crippen molar-refractivity contribution in [3.05, 3.63) is 28.5 Å². The standard InChI is InChI=1S/C13H17BrN2O2/c14-10-5-6-11(15-7-10)8-16(9-13(17)18)12-3-1-2-4-12/h5-7,12H,1-4,8-9H2,(H,17,18). The zero-order valence-corrected chi connectivity index (χ0v) is 11.8. The van der Waals surface area contributed by atoms with Crippen LogP contribution in [0.3, 0.4) is 0 Å². The molecule has 1 aromatic heterocycles. The van der Waals surface area contributed by atoms with Crippen molar-refractivity contribution >= 4 is 21.9 Å². The van der Waals surface area contributed by atoms with Gasteiger partial charge in [-0.2, -0.15) is 0 Å². The molecule has 1 aliphatic carbocycles. The van der Waals surface area contributed by atoms with Crippen molar-refractivity contribution in [3.63, 3.8) is 0 Å². The second-order valence-electron chi connectivity index (χ2n) is 4.70. The highest BCUT2D eigenvalue weighted by molar-refractivity contribution is 9.10. The first-order valence-corrected chi connectivity index (χ1v) is 7.01. The lowest BCUT2D eigenvalue weighted by molar-refractivity contribution is -0.139. The van der Waals surface area contributed by atoms with Crippen molar-refractivity contribution in [3.8, 4) is 0 Å². The van der Waals surface area contributed by atoms with E-state index < -0.39 is 5.97 Å². The Kier molecular flexibility index (Phi) is 4.72.